The third-order valence-corrected chi connectivity index (χ3v) is 3.92. The smallest absolute Gasteiger partial charge is 0.143 e. The molecule has 0 saturated carbocycles. The first-order valence-electron chi connectivity index (χ1n) is 5.21. The maximum absolute atomic E-state index is 13.7. The largest absolute Gasteiger partial charge is 0.386 e. The van der Waals surface area contributed by atoms with Crippen molar-refractivity contribution in [1.29, 1.82) is 0 Å². The van der Waals surface area contributed by atoms with Crippen LogP contribution in [0.15, 0.2) is 22.0 Å². The number of rotatable bonds is 3. The van der Waals surface area contributed by atoms with Crippen molar-refractivity contribution in [2.75, 3.05) is 0 Å². The lowest BCUT2D eigenvalue weighted by Crippen LogP contribution is -2.06. The summed E-state index contributed by atoms with van der Waals surface area (Å²) in [7, 11) is 0. The van der Waals surface area contributed by atoms with E-state index in [-0.39, 0.29) is 16.5 Å². The normalized spacial score (nSPS) is 12.7. The molecular weight excluding hydrogens is 324 g/mol. The van der Waals surface area contributed by atoms with Gasteiger partial charge in [0.2, 0.25) is 0 Å². The average Bonchev–Trinajstić information content (AvgIpc) is 2.76. The van der Waals surface area contributed by atoms with Gasteiger partial charge in [-0.1, -0.05) is 0 Å². The number of hydrogen-bond donors (Lipinski definition) is 1. The molecule has 1 atom stereocenters. The van der Waals surface area contributed by atoms with E-state index in [0.717, 1.165) is 5.01 Å². The number of thiazole rings is 1. The number of aryl methyl sites for hydroxylation is 1. The molecular formula is C12H10BrF2NOS. The van der Waals surface area contributed by atoms with Gasteiger partial charge in [0, 0.05) is 17.4 Å². The fourth-order valence-corrected chi connectivity index (χ4v) is 2.62. The average molecular weight is 334 g/mol. The van der Waals surface area contributed by atoms with E-state index in [0.29, 0.717) is 5.69 Å². The Kier molecular flexibility index (Phi) is 4.09. The van der Waals surface area contributed by atoms with Crippen LogP contribution in [0.5, 0.6) is 0 Å². The molecule has 0 amide bonds. The molecule has 0 aliphatic rings. The van der Waals surface area contributed by atoms with Gasteiger partial charge in [-0.2, -0.15) is 0 Å². The van der Waals surface area contributed by atoms with E-state index in [1.54, 1.807) is 12.3 Å². The molecule has 1 aromatic carbocycles. The maximum Gasteiger partial charge on any atom is 0.143 e. The van der Waals surface area contributed by atoms with Crippen LogP contribution >= 0.6 is 27.3 Å². The third-order valence-electron chi connectivity index (χ3n) is 2.51. The summed E-state index contributed by atoms with van der Waals surface area (Å²) in [5.41, 5.74) is 0.304. The van der Waals surface area contributed by atoms with Crippen LogP contribution < -0.4 is 0 Å². The van der Waals surface area contributed by atoms with Gasteiger partial charge < -0.3 is 5.11 Å². The minimum Gasteiger partial charge on any atom is -0.386 e. The van der Waals surface area contributed by atoms with Gasteiger partial charge in [0.25, 0.3) is 0 Å². The summed E-state index contributed by atoms with van der Waals surface area (Å²) < 4.78 is 27.4. The van der Waals surface area contributed by atoms with E-state index in [1.165, 1.54) is 23.5 Å². The Morgan fingerprint density at radius 2 is 2.17 bits per heavy atom. The molecule has 1 N–H and O–H groups in total. The van der Waals surface area contributed by atoms with Crippen LogP contribution in [0.1, 0.15) is 22.4 Å². The van der Waals surface area contributed by atoms with Crippen molar-refractivity contribution in [2.24, 2.45) is 0 Å². The lowest BCUT2D eigenvalue weighted by Gasteiger charge is -2.10. The van der Waals surface area contributed by atoms with Crippen molar-refractivity contribution in [2.45, 2.75) is 19.4 Å². The highest BCUT2D eigenvalue weighted by atomic mass is 79.9. The number of aromatic nitrogens is 1. The summed E-state index contributed by atoms with van der Waals surface area (Å²) in [5.74, 6) is -1.34. The Bertz CT molecular complexity index is 573. The molecule has 0 spiro atoms. The zero-order chi connectivity index (χ0) is 13.3. The molecule has 0 radical (unpaired) electrons. The first-order chi connectivity index (χ1) is 8.49. The molecule has 18 heavy (non-hydrogen) atoms. The quantitative estimate of drug-likeness (QED) is 0.867. The number of aliphatic hydroxyl groups is 1. The number of hydrogen-bond acceptors (Lipinski definition) is 3. The van der Waals surface area contributed by atoms with Crippen molar-refractivity contribution in [3.63, 3.8) is 0 Å². The summed E-state index contributed by atoms with van der Waals surface area (Å²) in [5, 5.41) is 12.4. The topological polar surface area (TPSA) is 33.1 Å². The number of nitrogens with zero attached hydrogens (tertiary/aromatic N) is 1. The van der Waals surface area contributed by atoms with Crippen molar-refractivity contribution in [3.05, 3.63) is 49.9 Å². The fraction of sp³-hybridized carbons (Fsp3) is 0.250. The molecule has 2 rings (SSSR count). The van der Waals surface area contributed by atoms with Gasteiger partial charge in [-0.15, -0.1) is 11.3 Å². The molecule has 1 heterocycles. The molecule has 2 aromatic rings. The summed E-state index contributed by atoms with van der Waals surface area (Å²) in [4.78, 5) is 4.10. The highest BCUT2D eigenvalue weighted by Crippen LogP contribution is 2.27. The first-order valence-corrected chi connectivity index (χ1v) is 6.88. The summed E-state index contributed by atoms with van der Waals surface area (Å²) in [6, 6.07) is 2.47. The molecule has 1 aromatic heterocycles. The molecule has 0 bridgehead atoms. The summed E-state index contributed by atoms with van der Waals surface area (Å²) >= 11 is 4.38. The van der Waals surface area contributed by atoms with E-state index >= 15 is 0 Å². The second-order valence-electron chi connectivity index (χ2n) is 3.83. The highest BCUT2D eigenvalue weighted by molar-refractivity contribution is 9.10. The highest BCUT2D eigenvalue weighted by Gasteiger charge is 2.19. The third kappa shape index (κ3) is 2.76. The van der Waals surface area contributed by atoms with Gasteiger partial charge in [0.15, 0.2) is 0 Å². The van der Waals surface area contributed by atoms with Crippen molar-refractivity contribution in [1.82, 2.24) is 4.98 Å². The van der Waals surface area contributed by atoms with E-state index < -0.39 is 17.7 Å². The Morgan fingerprint density at radius 3 is 2.78 bits per heavy atom. The van der Waals surface area contributed by atoms with E-state index in [4.69, 9.17) is 0 Å². The minimum atomic E-state index is -1.01. The van der Waals surface area contributed by atoms with Gasteiger partial charge in [0.1, 0.15) is 17.7 Å². The Morgan fingerprint density at radius 1 is 1.44 bits per heavy atom. The molecule has 0 saturated heterocycles. The standard InChI is InChI=1S/C12H10BrF2NOS/c1-6-16-10(5-18-6)11(17)4-7-9(14)3-2-8(13)12(7)15/h2-3,5,11,17H,4H2,1H3. The van der Waals surface area contributed by atoms with Crippen molar-refractivity contribution >= 4 is 27.3 Å². The van der Waals surface area contributed by atoms with E-state index in [2.05, 4.69) is 20.9 Å². The SMILES string of the molecule is Cc1nc(C(O)Cc2c(F)ccc(Br)c2F)cs1. The predicted molar refractivity (Wildman–Crippen MR) is 69.6 cm³/mol. The number of benzene rings is 1. The molecule has 0 fully saturated rings. The van der Waals surface area contributed by atoms with Crippen LogP contribution in [0.25, 0.3) is 0 Å². The van der Waals surface area contributed by atoms with Crippen LogP contribution in [0.3, 0.4) is 0 Å². The number of aliphatic hydroxyl groups excluding tert-OH is 1. The molecule has 6 heteroatoms. The minimum absolute atomic E-state index is 0.137. The van der Waals surface area contributed by atoms with Gasteiger partial charge in [-0.25, -0.2) is 13.8 Å². The van der Waals surface area contributed by atoms with E-state index in [1.807, 2.05) is 0 Å². The van der Waals surface area contributed by atoms with Crippen molar-refractivity contribution in [3.8, 4) is 0 Å². The van der Waals surface area contributed by atoms with Crippen LogP contribution in [0.4, 0.5) is 8.78 Å². The Labute approximate surface area is 115 Å². The number of halogens is 3. The lowest BCUT2D eigenvalue weighted by atomic mass is 10.1. The zero-order valence-electron chi connectivity index (χ0n) is 9.45. The van der Waals surface area contributed by atoms with Crippen LogP contribution in [0.2, 0.25) is 0 Å². The van der Waals surface area contributed by atoms with Gasteiger partial charge in [-0.3, -0.25) is 0 Å². The van der Waals surface area contributed by atoms with Gasteiger partial charge >= 0.3 is 0 Å². The molecule has 1 unspecified atom stereocenters. The van der Waals surface area contributed by atoms with Gasteiger partial charge in [0.05, 0.1) is 15.2 Å². The molecule has 96 valence electrons. The van der Waals surface area contributed by atoms with Crippen LogP contribution in [-0.4, -0.2) is 10.1 Å². The van der Waals surface area contributed by atoms with Crippen molar-refractivity contribution < 1.29 is 13.9 Å². The summed E-state index contributed by atoms with van der Waals surface area (Å²) in [6.45, 7) is 1.81. The molecule has 0 aliphatic carbocycles. The molecule has 0 aliphatic heterocycles. The molecule has 2 nitrogen and oxygen atoms in total. The first kappa shape index (κ1) is 13.6. The second-order valence-corrected chi connectivity index (χ2v) is 5.75. The predicted octanol–water partition coefficient (Wildman–Crippen LogP) is 3.77. The van der Waals surface area contributed by atoms with E-state index in [9.17, 15) is 13.9 Å². The zero-order valence-corrected chi connectivity index (χ0v) is 11.9. The summed E-state index contributed by atoms with van der Waals surface area (Å²) in [6.07, 6.45) is -1.14. The fourth-order valence-electron chi connectivity index (χ4n) is 1.59. The van der Waals surface area contributed by atoms with Crippen LogP contribution in [0, 0.1) is 18.6 Å². The monoisotopic (exact) mass is 333 g/mol. The lowest BCUT2D eigenvalue weighted by molar-refractivity contribution is 0.171. The van der Waals surface area contributed by atoms with Crippen LogP contribution in [-0.2, 0) is 6.42 Å². The van der Waals surface area contributed by atoms with Gasteiger partial charge in [-0.05, 0) is 35.0 Å². The Balaban J connectivity index is 2.27. The Hall–Kier alpha value is -0.850. The second kappa shape index (κ2) is 5.42. The maximum atomic E-state index is 13.7.